The van der Waals surface area contributed by atoms with Crippen LogP contribution >= 0.6 is 11.3 Å². The molecule has 8 heteroatoms. The number of anilines is 2. The first kappa shape index (κ1) is 21.8. The molecule has 1 saturated carbocycles. The summed E-state index contributed by atoms with van der Waals surface area (Å²) >= 11 is 1.69. The van der Waals surface area contributed by atoms with Gasteiger partial charge in [0.1, 0.15) is 17.3 Å². The smallest absolute Gasteiger partial charge is 0.242 e. The molecule has 2 fully saturated rings. The zero-order valence-corrected chi connectivity index (χ0v) is 19.7. The van der Waals surface area contributed by atoms with Crippen LogP contribution in [0.5, 0.6) is 11.5 Å². The number of nitrogens with one attached hydrogen (secondary N) is 1. The highest BCUT2D eigenvalue weighted by molar-refractivity contribution is 7.22. The molecule has 1 aliphatic heterocycles. The zero-order chi connectivity index (χ0) is 22.6. The van der Waals surface area contributed by atoms with Crippen LogP contribution in [0, 0.1) is 5.92 Å². The standard InChI is InChI=1S/C25H29N5O2S/c1-17(31)27-15-18-10-12-30(16-18)24-14-21(9-11-26-24)32-20-7-8-22-23(13-20)33-25(29-22)28-19-5-3-2-4-6-19/h7-9,11,13-15,18-19H,2-6,10,12,16H2,1H3,(H,28,29). The third-order valence-corrected chi connectivity index (χ3v) is 7.21. The number of carbonyl (C=O) groups excluding carboxylic acids is 1. The molecule has 0 radical (unpaired) electrons. The number of ether oxygens (including phenoxy) is 1. The molecule has 1 N–H and O–H groups in total. The molecule has 1 saturated heterocycles. The Kier molecular flexibility index (Phi) is 6.53. The third kappa shape index (κ3) is 5.50. The summed E-state index contributed by atoms with van der Waals surface area (Å²) in [6.07, 6.45) is 10.9. The number of fused-ring (bicyclic) bond motifs is 1. The van der Waals surface area contributed by atoms with Gasteiger partial charge in [0, 0.05) is 56.5 Å². The van der Waals surface area contributed by atoms with Crippen molar-refractivity contribution in [1.29, 1.82) is 0 Å². The molecule has 7 nitrogen and oxygen atoms in total. The third-order valence-electron chi connectivity index (χ3n) is 6.26. The van der Waals surface area contributed by atoms with Gasteiger partial charge in [-0.2, -0.15) is 0 Å². The van der Waals surface area contributed by atoms with E-state index in [-0.39, 0.29) is 11.8 Å². The van der Waals surface area contributed by atoms with Gasteiger partial charge in [-0.3, -0.25) is 4.79 Å². The molecule has 1 amide bonds. The van der Waals surface area contributed by atoms with Crippen LogP contribution in [0.2, 0.25) is 0 Å². The quantitative estimate of drug-likeness (QED) is 0.474. The van der Waals surface area contributed by atoms with Crippen molar-refractivity contribution in [3.8, 4) is 11.5 Å². The molecule has 2 aromatic heterocycles. The Bertz CT molecular complexity index is 1150. The number of aromatic nitrogens is 2. The molecule has 172 valence electrons. The number of hydrogen-bond acceptors (Lipinski definition) is 7. The van der Waals surface area contributed by atoms with E-state index in [9.17, 15) is 4.79 Å². The van der Waals surface area contributed by atoms with E-state index in [2.05, 4.69) is 26.3 Å². The molecular weight excluding hydrogens is 434 g/mol. The molecule has 1 atom stereocenters. The molecular formula is C25H29N5O2S. The van der Waals surface area contributed by atoms with E-state index in [1.165, 1.54) is 39.0 Å². The summed E-state index contributed by atoms with van der Waals surface area (Å²) in [5, 5.41) is 4.62. The first-order valence-corrected chi connectivity index (χ1v) is 12.5. The summed E-state index contributed by atoms with van der Waals surface area (Å²) in [7, 11) is 0. The minimum Gasteiger partial charge on any atom is -0.457 e. The number of hydrogen-bond donors (Lipinski definition) is 1. The SMILES string of the molecule is CC(=O)N=CC1CCN(c2cc(Oc3ccc4nc(NC5CCCCC5)sc4c3)ccn2)C1. The number of aliphatic imine (C=N–C) groups is 1. The number of benzene rings is 1. The van der Waals surface area contributed by atoms with E-state index in [0.717, 1.165) is 52.2 Å². The Balaban J connectivity index is 1.25. The van der Waals surface area contributed by atoms with Gasteiger partial charge in [0.15, 0.2) is 5.13 Å². The van der Waals surface area contributed by atoms with E-state index in [4.69, 9.17) is 9.72 Å². The monoisotopic (exact) mass is 463 g/mol. The summed E-state index contributed by atoms with van der Waals surface area (Å²) in [5.41, 5.74) is 0.997. The van der Waals surface area contributed by atoms with Gasteiger partial charge in [0.25, 0.3) is 0 Å². The fourth-order valence-corrected chi connectivity index (χ4v) is 5.52. The van der Waals surface area contributed by atoms with Crippen LogP contribution in [0.3, 0.4) is 0 Å². The van der Waals surface area contributed by atoms with Crippen LogP contribution in [0.15, 0.2) is 41.5 Å². The lowest BCUT2D eigenvalue weighted by atomic mass is 9.96. The van der Waals surface area contributed by atoms with Crippen LogP contribution in [-0.4, -0.2) is 41.2 Å². The summed E-state index contributed by atoms with van der Waals surface area (Å²) in [5.74, 6) is 2.54. The molecule has 3 aromatic rings. The Morgan fingerprint density at radius 2 is 2.03 bits per heavy atom. The number of carbonyl (C=O) groups is 1. The lowest BCUT2D eigenvalue weighted by Crippen LogP contribution is -2.21. The molecule has 0 spiro atoms. The Morgan fingerprint density at radius 1 is 1.18 bits per heavy atom. The van der Waals surface area contributed by atoms with Crippen molar-refractivity contribution in [3.63, 3.8) is 0 Å². The van der Waals surface area contributed by atoms with Crippen molar-refractivity contribution in [1.82, 2.24) is 9.97 Å². The lowest BCUT2D eigenvalue weighted by molar-refractivity contribution is -0.115. The molecule has 0 bridgehead atoms. The van der Waals surface area contributed by atoms with Crippen LogP contribution in [-0.2, 0) is 4.79 Å². The minimum atomic E-state index is -0.156. The predicted molar refractivity (Wildman–Crippen MR) is 134 cm³/mol. The van der Waals surface area contributed by atoms with E-state index in [1.807, 2.05) is 24.3 Å². The van der Waals surface area contributed by atoms with Crippen molar-refractivity contribution in [2.75, 3.05) is 23.3 Å². The number of pyridine rings is 1. The van der Waals surface area contributed by atoms with Gasteiger partial charge < -0.3 is 15.0 Å². The average molecular weight is 464 g/mol. The number of nitrogens with zero attached hydrogens (tertiary/aromatic N) is 4. The summed E-state index contributed by atoms with van der Waals surface area (Å²) in [4.78, 5) is 26.5. The molecule has 1 aromatic carbocycles. The van der Waals surface area contributed by atoms with Crippen molar-refractivity contribution in [2.45, 2.75) is 51.5 Å². The molecule has 2 aliphatic rings. The molecule has 3 heterocycles. The van der Waals surface area contributed by atoms with Gasteiger partial charge in [-0.05, 0) is 37.5 Å². The van der Waals surface area contributed by atoms with Crippen molar-refractivity contribution >= 4 is 44.6 Å². The fourth-order valence-electron chi connectivity index (χ4n) is 4.55. The van der Waals surface area contributed by atoms with E-state index >= 15 is 0 Å². The van der Waals surface area contributed by atoms with Gasteiger partial charge in [-0.1, -0.05) is 30.6 Å². The fraction of sp³-hybridized carbons (Fsp3) is 0.440. The van der Waals surface area contributed by atoms with Gasteiger partial charge in [-0.15, -0.1) is 0 Å². The van der Waals surface area contributed by atoms with E-state index < -0.39 is 0 Å². The Hall–Kier alpha value is -3.00. The number of rotatable bonds is 6. The molecule has 1 aliphatic carbocycles. The second kappa shape index (κ2) is 9.87. The highest BCUT2D eigenvalue weighted by Crippen LogP contribution is 2.33. The first-order valence-electron chi connectivity index (χ1n) is 11.7. The van der Waals surface area contributed by atoms with Crippen molar-refractivity contribution < 1.29 is 9.53 Å². The molecule has 5 rings (SSSR count). The number of amides is 1. The van der Waals surface area contributed by atoms with Crippen molar-refractivity contribution in [3.05, 3.63) is 36.5 Å². The minimum absolute atomic E-state index is 0.156. The molecule has 1 unspecified atom stereocenters. The normalized spacial score (nSPS) is 19.4. The Labute approximate surface area is 197 Å². The topological polar surface area (TPSA) is 79.7 Å². The van der Waals surface area contributed by atoms with Crippen LogP contribution in [0.1, 0.15) is 45.4 Å². The zero-order valence-electron chi connectivity index (χ0n) is 18.9. The largest absolute Gasteiger partial charge is 0.457 e. The van der Waals surface area contributed by atoms with Crippen LogP contribution < -0.4 is 15.0 Å². The second-order valence-corrected chi connectivity index (χ2v) is 9.90. The predicted octanol–water partition coefficient (Wildman–Crippen LogP) is 5.67. The lowest BCUT2D eigenvalue weighted by Gasteiger charge is -2.22. The van der Waals surface area contributed by atoms with Crippen LogP contribution in [0.25, 0.3) is 10.2 Å². The van der Waals surface area contributed by atoms with Gasteiger partial charge >= 0.3 is 0 Å². The van der Waals surface area contributed by atoms with Gasteiger partial charge in [0.05, 0.1) is 10.2 Å². The summed E-state index contributed by atoms with van der Waals surface area (Å²) in [6, 6.07) is 10.4. The van der Waals surface area contributed by atoms with Gasteiger partial charge in [0.2, 0.25) is 5.91 Å². The van der Waals surface area contributed by atoms with E-state index in [1.54, 1.807) is 23.7 Å². The second-order valence-electron chi connectivity index (χ2n) is 8.87. The average Bonchev–Trinajstić information content (AvgIpc) is 3.45. The molecule has 33 heavy (non-hydrogen) atoms. The number of thiazole rings is 1. The van der Waals surface area contributed by atoms with Crippen molar-refractivity contribution in [2.24, 2.45) is 10.9 Å². The van der Waals surface area contributed by atoms with Gasteiger partial charge in [-0.25, -0.2) is 15.0 Å². The van der Waals surface area contributed by atoms with E-state index in [0.29, 0.717) is 6.04 Å². The maximum atomic E-state index is 11.1. The highest BCUT2D eigenvalue weighted by atomic mass is 32.1. The van der Waals surface area contributed by atoms with Crippen LogP contribution in [0.4, 0.5) is 10.9 Å². The summed E-state index contributed by atoms with van der Waals surface area (Å²) in [6.45, 7) is 3.16. The summed E-state index contributed by atoms with van der Waals surface area (Å²) < 4.78 is 7.29. The maximum Gasteiger partial charge on any atom is 0.242 e. The Morgan fingerprint density at radius 3 is 2.88 bits per heavy atom. The first-order chi connectivity index (χ1) is 16.1. The highest BCUT2D eigenvalue weighted by Gasteiger charge is 2.22. The maximum absolute atomic E-state index is 11.1.